The molecule has 0 aliphatic heterocycles. The van der Waals surface area contributed by atoms with E-state index in [9.17, 15) is 22.4 Å². The van der Waals surface area contributed by atoms with Gasteiger partial charge in [-0.3, -0.25) is 19.6 Å². The number of carbonyl (C=O) groups excluding carboxylic acids is 2. The first kappa shape index (κ1) is 22.7. The highest BCUT2D eigenvalue weighted by atomic mass is 32.2. The summed E-state index contributed by atoms with van der Waals surface area (Å²) in [6, 6.07) is 10.4. The molecule has 0 fully saturated rings. The topological polar surface area (TPSA) is 131 Å². The number of primary amides is 1. The quantitative estimate of drug-likeness (QED) is 0.424. The van der Waals surface area contributed by atoms with E-state index in [2.05, 4.69) is 15.0 Å². The zero-order chi connectivity index (χ0) is 22.6. The van der Waals surface area contributed by atoms with E-state index in [1.807, 2.05) is 0 Å². The number of thioether (sulfide) groups is 1. The van der Waals surface area contributed by atoms with Crippen LogP contribution in [0.1, 0.15) is 16.1 Å². The molecule has 4 N–H and O–H groups in total. The number of anilines is 2. The Hall–Kier alpha value is -2.96. The van der Waals surface area contributed by atoms with Gasteiger partial charge in [0.2, 0.25) is 5.91 Å². The molecule has 1 aromatic heterocycles. The van der Waals surface area contributed by atoms with E-state index in [0.717, 1.165) is 28.5 Å². The van der Waals surface area contributed by atoms with E-state index in [0.29, 0.717) is 10.8 Å². The Morgan fingerprint density at radius 1 is 1.16 bits per heavy atom. The van der Waals surface area contributed by atoms with Gasteiger partial charge in [-0.15, -0.1) is 11.8 Å². The normalized spacial score (nSPS) is 11.2. The van der Waals surface area contributed by atoms with Crippen LogP contribution >= 0.6 is 23.1 Å². The summed E-state index contributed by atoms with van der Waals surface area (Å²) in [6.07, 6.45) is 0. The third-order valence-corrected chi connectivity index (χ3v) is 7.70. The van der Waals surface area contributed by atoms with Crippen molar-refractivity contribution in [3.8, 4) is 0 Å². The number of para-hydroxylation sites is 1. The average molecular weight is 481 g/mol. The summed E-state index contributed by atoms with van der Waals surface area (Å²) in [4.78, 5) is 27.9. The number of nitrogens with zero attached hydrogens (tertiary/aromatic N) is 1. The summed E-state index contributed by atoms with van der Waals surface area (Å²) in [5, 5.41) is 2.93. The molecule has 0 radical (unpaired) electrons. The SMILES string of the molecule is Cc1nc(NC(=O)c2ccccc2NS(=O)(=O)c2ccc(F)cc2)sc1SCC(N)=O. The van der Waals surface area contributed by atoms with Crippen molar-refractivity contribution in [3.63, 3.8) is 0 Å². The summed E-state index contributed by atoms with van der Waals surface area (Å²) in [6.45, 7) is 1.74. The van der Waals surface area contributed by atoms with Crippen molar-refractivity contribution in [1.82, 2.24) is 4.98 Å². The molecule has 0 aliphatic rings. The first-order valence-electron chi connectivity index (χ1n) is 8.73. The van der Waals surface area contributed by atoms with Gasteiger partial charge in [0.05, 0.1) is 31.8 Å². The molecule has 0 unspecified atom stereocenters. The van der Waals surface area contributed by atoms with E-state index in [1.165, 1.54) is 35.2 Å². The lowest BCUT2D eigenvalue weighted by atomic mass is 10.2. The Morgan fingerprint density at radius 3 is 2.52 bits per heavy atom. The van der Waals surface area contributed by atoms with Crippen LogP contribution in [0.3, 0.4) is 0 Å². The van der Waals surface area contributed by atoms with Crippen LogP contribution < -0.4 is 15.8 Å². The number of aryl methyl sites for hydroxylation is 1. The molecule has 12 heteroatoms. The molecular formula is C19H17FN4O4S3. The molecule has 0 saturated carbocycles. The molecule has 0 atom stereocenters. The second-order valence-electron chi connectivity index (χ2n) is 6.21. The van der Waals surface area contributed by atoms with Crippen molar-refractivity contribution in [3.05, 3.63) is 65.6 Å². The van der Waals surface area contributed by atoms with Gasteiger partial charge in [0.15, 0.2) is 5.13 Å². The van der Waals surface area contributed by atoms with Crippen molar-refractivity contribution in [1.29, 1.82) is 0 Å². The number of thiazole rings is 1. The van der Waals surface area contributed by atoms with E-state index < -0.39 is 27.7 Å². The Kier molecular flexibility index (Phi) is 6.93. The Balaban J connectivity index is 1.80. The van der Waals surface area contributed by atoms with Gasteiger partial charge in [0, 0.05) is 0 Å². The monoisotopic (exact) mass is 480 g/mol. The first-order chi connectivity index (χ1) is 14.7. The van der Waals surface area contributed by atoms with Crippen LogP contribution in [0, 0.1) is 12.7 Å². The minimum absolute atomic E-state index is 0.0564. The number of amides is 2. The first-order valence-corrected chi connectivity index (χ1v) is 12.0. The van der Waals surface area contributed by atoms with Crippen molar-refractivity contribution in [2.75, 3.05) is 15.8 Å². The maximum atomic E-state index is 13.1. The Morgan fingerprint density at radius 2 is 1.84 bits per heavy atom. The molecular weight excluding hydrogens is 463 g/mol. The maximum absolute atomic E-state index is 13.1. The predicted octanol–water partition coefficient (Wildman–Crippen LogP) is 3.22. The summed E-state index contributed by atoms with van der Waals surface area (Å²) < 4.78 is 41.4. The fourth-order valence-corrected chi connectivity index (χ4v) is 5.41. The molecule has 0 saturated heterocycles. The number of nitrogens with one attached hydrogen (secondary N) is 2. The summed E-state index contributed by atoms with van der Waals surface area (Å²) in [5.41, 5.74) is 5.92. The van der Waals surface area contributed by atoms with Crippen LogP contribution in [0.15, 0.2) is 57.6 Å². The summed E-state index contributed by atoms with van der Waals surface area (Å²) >= 11 is 2.40. The molecule has 0 spiro atoms. The highest BCUT2D eigenvalue weighted by Gasteiger charge is 2.20. The van der Waals surface area contributed by atoms with Gasteiger partial charge in [0.1, 0.15) is 5.82 Å². The van der Waals surface area contributed by atoms with Crippen LogP contribution in [0.5, 0.6) is 0 Å². The molecule has 1 heterocycles. The van der Waals surface area contributed by atoms with Gasteiger partial charge in [-0.25, -0.2) is 17.8 Å². The maximum Gasteiger partial charge on any atom is 0.261 e. The van der Waals surface area contributed by atoms with Gasteiger partial charge < -0.3 is 5.73 Å². The van der Waals surface area contributed by atoms with Crippen LogP contribution in [-0.4, -0.2) is 31.0 Å². The Bertz CT molecular complexity index is 1230. The smallest absolute Gasteiger partial charge is 0.261 e. The van der Waals surface area contributed by atoms with Gasteiger partial charge in [-0.1, -0.05) is 23.5 Å². The Labute approximate surface area is 186 Å². The minimum Gasteiger partial charge on any atom is -0.369 e. The third kappa shape index (κ3) is 5.81. The second kappa shape index (κ2) is 9.45. The molecule has 3 aromatic rings. The van der Waals surface area contributed by atoms with E-state index in [1.54, 1.807) is 19.1 Å². The second-order valence-corrected chi connectivity index (χ2v) is 10.1. The minimum atomic E-state index is -4.03. The number of nitrogens with two attached hydrogens (primary N) is 1. The molecule has 2 amide bonds. The lowest BCUT2D eigenvalue weighted by molar-refractivity contribution is -0.115. The van der Waals surface area contributed by atoms with Gasteiger partial charge >= 0.3 is 0 Å². The molecule has 0 bridgehead atoms. The summed E-state index contributed by atoms with van der Waals surface area (Å²) in [7, 11) is -4.03. The van der Waals surface area contributed by atoms with E-state index in [4.69, 9.17) is 5.73 Å². The lowest BCUT2D eigenvalue weighted by Crippen LogP contribution is -2.18. The van der Waals surface area contributed by atoms with Gasteiger partial charge in [0.25, 0.3) is 15.9 Å². The highest BCUT2D eigenvalue weighted by molar-refractivity contribution is 8.01. The molecule has 31 heavy (non-hydrogen) atoms. The molecule has 8 nitrogen and oxygen atoms in total. The van der Waals surface area contributed by atoms with Crippen molar-refractivity contribution >= 4 is 55.8 Å². The van der Waals surface area contributed by atoms with Crippen molar-refractivity contribution < 1.29 is 22.4 Å². The van der Waals surface area contributed by atoms with Crippen molar-refractivity contribution in [2.24, 2.45) is 5.73 Å². The zero-order valence-corrected chi connectivity index (χ0v) is 18.5. The van der Waals surface area contributed by atoms with Crippen LogP contribution in [0.2, 0.25) is 0 Å². The number of halogens is 1. The largest absolute Gasteiger partial charge is 0.369 e. The van der Waals surface area contributed by atoms with Crippen LogP contribution in [-0.2, 0) is 14.8 Å². The molecule has 162 valence electrons. The summed E-state index contributed by atoms with van der Waals surface area (Å²) in [5.74, 6) is -1.51. The van der Waals surface area contributed by atoms with Gasteiger partial charge in [-0.2, -0.15) is 0 Å². The van der Waals surface area contributed by atoms with E-state index in [-0.39, 0.29) is 21.9 Å². The third-order valence-electron chi connectivity index (χ3n) is 3.86. The highest BCUT2D eigenvalue weighted by Crippen LogP contribution is 2.32. The molecule has 3 rings (SSSR count). The predicted molar refractivity (Wildman–Crippen MR) is 118 cm³/mol. The number of benzene rings is 2. The number of sulfonamides is 1. The van der Waals surface area contributed by atoms with Crippen molar-refractivity contribution in [2.45, 2.75) is 16.0 Å². The van der Waals surface area contributed by atoms with Crippen LogP contribution in [0.4, 0.5) is 15.2 Å². The number of rotatable bonds is 8. The van der Waals surface area contributed by atoms with Crippen LogP contribution in [0.25, 0.3) is 0 Å². The standard InChI is InChI=1S/C19H17FN4O4S3/c1-11-18(29-10-16(21)25)30-19(22-11)23-17(26)14-4-2-3-5-15(14)24-31(27,28)13-8-6-12(20)7-9-13/h2-9,24H,10H2,1H3,(H2,21,25)(H,22,23,26). The number of carbonyl (C=O) groups is 2. The number of hydrogen-bond acceptors (Lipinski definition) is 7. The fourth-order valence-electron chi connectivity index (χ4n) is 2.46. The number of aromatic nitrogens is 1. The average Bonchev–Trinajstić information content (AvgIpc) is 3.05. The fraction of sp³-hybridized carbons (Fsp3) is 0.105. The van der Waals surface area contributed by atoms with E-state index >= 15 is 0 Å². The molecule has 0 aliphatic carbocycles. The lowest BCUT2D eigenvalue weighted by Gasteiger charge is -2.12. The zero-order valence-electron chi connectivity index (χ0n) is 16.1. The molecule has 2 aromatic carbocycles. The van der Waals surface area contributed by atoms with Gasteiger partial charge in [-0.05, 0) is 43.3 Å². The number of hydrogen-bond donors (Lipinski definition) is 3.